The number of ether oxygens (including phenoxy) is 2. The fourth-order valence-corrected chi connectivity index (χ4v) is 3.28. The Labute approximate surface area is 185 Å². The number of hydrogen-bond acceptors (Lipinski definition) is 7. The van der Waals surface area contributed by atoms with E-state index in [2.05, 4.69) is 26.0 Å². The number of carbonyl (C=O) groups excluding carboxylic acids is 1. The molecule has 0 spiro atoms. The molecule has 2 heterocycles. The Morgan fingerprint density at radius 3 is 2.58 bits per heavy atom. The van der Waals surface area contributed by atoms with E-state index in [-0.39, 0.29) is 17.5 Å². The molecule has 1 aliphatic heterocycles. The van der Waals surface area contributed by atoms with Crippen molar-refractivity contribution >= 4 is 33.4 Å². The van der Waals surface area contributed by atoms with Crippen molar-refractivity contribution in [3.05, 3.63) is 92.6 Å². The number of benzene rings is 2. The van der Waals surface area contributed by atoms with Crippen molar-refractivity contribution < 1.29 is 19.2 Å². The highest BCUT2D eigenvalue weighted by Crippen LogP contribution is 2.32. The van der Waals surface area contributed by atoms with Gasteiger partial charge in [-0.15, -0.1) is 5.10 Å². The lowest BCUT2D eigenvalue weighted by atomic mass is 10.2. The number of halogens is 1. The summed E-state index contributed by atoms with van der Waals surface area (Å²) in [5, 5.41) is 16.3. The topological polar surface area (TPSA) is 107 Å². The van der Waals surface area contributed by atoms with Crippen LogP contribution in [0.25, 0.3) is 0 Å². The summed E-state index contributed by atoms with van der Waals surface area (Å²) in [4.78, 5) is 26.2. The summed E-state index contributed by atoms with van der Waals surface area (Å²) in [5.41, 5.74) is 1.33. The summed E-state index contributed by atoms with van der Waals surface area (Å²) >= 11 is 3.42. The maximum atomic E-state index is 12.1. The molecule has 3 aromatic rings. The number of carbonyl (C=O) groups is 1. The second-order valence-electron chi connectivity index (χ2n) is 6.53. The van der Waals surface area contributed by atoms with Crippen LogP contribution in [-0.2, 0) is 9.53 Å². The molecule has 4 rings (SSSR count). The molecule has 0 N–H and O–H groups in total. The Morgan fingerprint density at radius 1 is 1.19 bits per heavy atom. The fourth-order valence-electron chi connectivity index (χ4n) is 2.88. The van der Waals surface area contributed by atoms with Crippen LogP contribution in [0.1, 0.15) is 24.3 Å². The highest BCUT2D eigenvalue weighted by molar-refractivity contribution is 9.10. The van der Waals surface area contributed by atoms with E-state index in [1.165, 1.54) is 24.1 Å². The minimum Gasteiger partial charge on any atom is -0.446 e. The first-order valence-electron chi connectivity index (χ1n) is 9.10. The fraction of sp³-hybridized carbons (Fsp3) is 0.0952. The third kappa shape index (κ3) is 4.53. The molecular formula is C21H15BrN4O5. The molecule has 1 aliphatic rings. The molecule has 0 fully saturated rings. The lowest BCUT2D eigenvalue weighted by molar-refractivity contribution is -0.385. The summed E-state index contributed by atoms with van der Waals surface area (Å²) in [5.74, 6) is 0.786. The van der Waals surface area contributed by atoms with Crippen molar-refractivity contribution in [2.75, 3.05) is 0 Å². The van der Waals surface area contributed by atoms with E-state index in [0.717, 1.165) is 16.2 Å². The first kappa shape index (κ1) is 20.5. The molecule has 1 aromatic heterocycles. The Balaban J connectivity index is 1.51. The van der Waals surface area contributed by atoms with Crippen LogP contribution in [0, 0.1) is 10.1 Å². The van der Waals surface area contributed by atoms with Gasteiger partial charge in [-0.05, 0) is 42.5 Å². The number of nitro groups is 1. The van der Waals surface area contributed by atoms with Crippen LogP contribution in [-0.4, -0.2) is 26.7 Å². The number of pyridine rings is 1. The zero-order chi connectivity index (χ0) is 22.0. The van der Waals surface area contributed by atoms with Gasteiger partial charge in [0.25, 0.3) is 5.69 Å². The first-order chi connectivity index (χ1) is 14.9. The van der Waals surface area contributed by atoms with Crippen LogP contribution < -0.4 is 4.74 Å². The van der Waals surface area contributed by atoms with Gasteiger partial charge in [-0.2, -0.15) is 5.01 Å². The molecule has 156 valence electrons. The molecule has 0 bridgehead atoms. The normalized spacial score (nSPS) is 15.2. The average molecular weight is 483 g/mol. The first-order valence-corrected chi connectivity index (χ1v) is 9.89. The number of rotatable bonds is 5. The Morgan fingerprint density at radius 2 is 1.97 bits per heavy atom. The molecule has 10 heteroatoms. The Kier molecular flexibility index (Phi) is 5.63. The predicted molar refractivity (Wildman–Crippen MR) is 114 cm³/mol. The molecule has 1 amide bonds. The van der Waals surface area contributed by atoms with Gasteiger partial charge >= 0.3 is 0 Å². The van der Waals surface area contributed by atoms with E-state index < -0.39 is 11.2 Å². The third-order valence-electron chi connectivity index (χ3n) is 4.36. The van der Waals surface area contributed by atoms with Crippen LogP contribution >= 0.6 is 15.9 Å². The van der Waals surface area contributed by atoms with Crippen molar-refractivity contribution in [1.82, 2.24) is 9.99 Å². The summed E-state index contributed by atoms with van der Waals surface area (Å²) in [6.07, 6.45) is 0.416. The van der Waals surface area contributed by atoms with Gasteiger partial charge in [0, 0.05) is 34.7 Å². The molecule has 1 atom stereocenters. The van der Waals surface area contributed by atoms with E-state index in [9.17, 15) is 14.9 Å². The van der Waals surface area contributed by atoms with Crippen LogP contribution in [0.2, 0.25) is 0 Å². The number of amides is 1. The predicted octanol–water partition coefficient (Wildman–Crippen LogP) is 4.78. The van der Waals surface area contributed by atoms with Gasteiger partial charge in [0.15, 0.2) is 0 Å². The highest BCUT2D eigenvalue weighted by atomic mass is 79.9. The van der Waals surface area contributed by atoms with Crippen LogP contribution in [0.4, 0.5) is 5.69 Å². The zero-order valence-electron chi connectivity index (χ0n) is 16.1. The maximum Gasteiger partial charge on any atom is 0.287 e. The van der Waals surface area contributed by atoms with Gasteiger partial charge in [0.05, 0.1) is 4.92 Å². The summed E-state index contributed by atoms with van der Waals surface area (Å²) < 4.78 is 12.5. The molecule has 31 heavy (non-hydrogen) atoms. The van der Waals surface area contributed by atoms with Crippen molar-refractivity contribution in [3.63, 3.8) is 0 Å². The van der Waals surface area contributed by atoms with Gasteiger partial charge < -0.3 is 9.47 Å². The minimum atomic E-state index is -0.710. The Bertz CT molecular complexity index is 1170. The summed E-state index contributed by atoms with van der Waals surface area (Å²) in [7, 11) is 0. The molecule has 0 radical (unpaired) electrons. The molecule has 2 aromatic carbocycles. The van der Waals surface area contributed by atoms with Gasteiger partial charge in [-0.25, -0.2) is 4.98 Å². The van der Waals surface area contributed by atoms with Gasteiger partial charge in [0.1, 0.15) is 11.9 Å². The van der Waals surface area contributed by atoms with Gasteiger partial charge in [0.2, 0.25) is 23.9 Å². The van der Waals surface area contributed by atoms with Crippen molar-refractivity contribution in [2.24, 2.45) is 5.10 Å². The van der Waals surface area contributed by atoms with Crippen LogP contribution in [0.15, 0.2) is 76.4 Å². The van der Waals surface area contributed by atoms with Crippen molar-refractivity contribution in [2.45, 2.75) is 13.2 Å². The van der Waals surface area contributed by atoms with E-state index in [4.69, 9.17) is 9.47 Å². The maximum absolute atomic E-state index is 12.1. The Hall–Kier alpha value is -3.79. The van der Waals surface area contributed by atoms with Crippen LogP contribution in [0.5, 0.6) is 11.6 Å². The summed E-state index contributed by atoms with van der Waals surface area (Å²) in [6, 6.07) is 17.1. The third-order valence-corrected chi connectivity index (χ3v) is 4.85. The molecule has 0 saturated carbocycles. The largest absolute Gasteiger partial charge is 0.446 e. The summed E-state index contributed by atoms with van der Waals surface area (Å²) in [6.45, 7) is 1.42. The zero-order valence-corrected chi connectivity index (χ0v) is 17.7. The van der Waals surface area contributed by atoms with E-state index in [0.29, 0.717) is 17.2 Å². The standard InChI is InChI=1S/C21H15BrN4O5/c1-13(27)25-21(31-20(24-25)15-3-2-4-16(22)11-15)14-5-8-18(9-6-14)30-19-10-7-17(12-23-19)26(28)29/h2-12,21H,1H3/t21-/m1/s1. The van der Waals surface area contributed by atoms with Gasteiger partial charge in [-0.1, -0.05) is 22.0 Å². The number of aromatic nitrogens is 1. The van der Waals surface area contributed by atoms with E-state index in [1.54, 1.807) is 24.3 Å². The quantitative estimate of drug-likeness (QED) is 0.382. The SMILES string of the molecule is CC(=O)N1N=C(c2cccc(Br)c2)O[C@@H]1c1ccc(Oc2ccc([N+](=O)[O-])cn2)cc1. The average Bonchev–Trinajstić information content (AvgIpc) is 3.21. The molecule has 0 unspecified atom stereocenters. The lowest BCUT2D eigenvalue weighted by Gasteiger charge is -2.19. The molecular weight excluding hydrogens is 468 g/mol. The second-order valence-corrected chi connectivity index (χ2v) is 7.45. The number of hydrogen-bond donors (Lipinski definition) is 0. The number of nitrogens with zero attached hydrogens (tertiary/aromatic N) is 4. The molecule has 0 saturated heterocycles. The second kappa shape index (κ2) is 8.52. The lowest BCUT2D eigenvalue weighted by Crippen LogP contribution is -2.25. The van der Waals surface area contributed by atoms with Crippen molar-refractivity contribution in [1.29, 1.82) is 0 Å². The molecule has 0 aliphatic carbocycles. The van der Waals surface area contributed by atoms with Crippen LogP contribution in [0.3, 0.4) is 0 Å². The minimum absolute atomic E-state index is 0.119. The smallest absolute Gasteiger partial charge is 0.287 e. The van der Waals surface area contributed by atoms with E-state index >= 15 is 0 Å². The van der Waals surface area contributed by atoms with Crippen molar-refractivity contribution in [3.8, 4) is 11.6 Å². The number of hydrazone groups is 1. The highest BCUT2D eigenvalue weighted by Gasteiger charge is 2.33. The molecule has 9 nitrogen and oxygen atoms in total. The van der Waals surface area contributed by atoms with Gasteiger partial charge in [-0.3, -0.25) is 14.9 Å². The monoisotopic (exact) mass is 482 g/mol. The van der Waals surface area contributed by atoms with E-state index in [1.807, 2.05) is 24.3 Å².